The maximum atomic E-state index is 12.9. The van der Waals surface area contributed by atoms with Crippen LogP contribution in [0.1, 0.15) is 26.5 Å². The molecule has 0 unspecified atom stereocenters. The second kappa shape index (κ2) is 8.98. The number of carbonyl (C=O) groups is 1. The van der Waals surface area contributed by atoms with Crippen molar-refractivity contribution in [3.8, 4) is 22.4 Å². The second-order valence-electron chi connectivity index (χ2n) is 7.84. The lowest BCUT2D eigenvalue weighted by molar-refractivity contribution is 0.104. The molecule has 2 aromatic heterocycles. The summed E-state index contributed by atoms with van der Waals surface area (Å²) in [7, 11) is 0. The molecule has 0 aliphatic carbocycles. The Bertz CT molecular complexity index is 1440. The standard InChI is InChI=1S/C28H22N2O2S/c1-19-17-30-25(27(29-28(30)33-19)24-9-7-20(18-31)8-10-24)15-16-26(32)23-13-11-22(12-14-23)21-5-3-2-4-6-21/h2-17,31H,18H2,1H3/b16-15+. The van der Waals surface area contributed by atoms with Crippen molar-refractivity contribution in [3.05, 3.63) is 113 Å². The van der Waals surface area contributed by atoms with Crippen molar-refractivity contribution in [1.82, 2.24) is 9.38 Å². The molecule has 162 valence electrons. The van der Waals surface area contributed by atoms with E-state index in [1.54, 1.807) is 17.4 Å². The van der Waals surface area contributed by atoms with E-state index < -0.39 is 0 Å². The predicted molar refractivity (Wildman–Crippen MR) is 134 cm³/mol. The summed E-state index contributed by atoms with van der Waals surface area (Å²) < 4.78 is 2.03. The van der Waals surface area contributed by atoms with Crippen LogP contribution in [0.5, 0.6) is 0 Å². The Kier molecular flexibility index (Phi) is 5.73. The highest BCUT2D eigenvalue weighted by Crippen LogP contribution is 2.30. The van der Waals surface area contributed by atoms with Crippen LogP contribution in [-0.4, -0.2) is 20.3 Å². The third-order valence-corrected chi connectivity index (χ3v) is 6.46. The summed E-state index contributed by atoms with van der Waals surface area (Å²) in [5, 5.41) is 9.33. The summed E-state index contributed by atoms with van der Waals surface area (Å²) in [5.74, 6) is -0.0573. The van der Waals surface area contributed by atoms with Gasteiger partial charge in [0.2, 0.25) is 0 Å². The molecule has 1 N–H and O–H groups in total. The number of fused-ring (bicyclic) bond motifs is 1. The fraction of sp³-hybridized carbons (Fsp3) is 0.0714. The van der Waals surface area contributed by atoms with E-state index in [0.717, 1.165) is 43.5 Å². The smallest absolute Gasteiger partial charge is 0.194 e. The Balaban J connectivity index is 1.46. The fourth-order valence-electron chi connectivity index (χ4n) is 3.82. The number of imidazole rings is 1. The van der Waals surface area contributed by atoms with Crippen LogP contribution in [0.4, 0.5) is 0 Å². The molecule has 5 aromatic rings. The van der Waals surface area contributed by atoms with E-state index in [4.69, 9.17) is 4.98 Å². The topological polar surface area (TPSA) is 54.6 Å². The minimum Gasteiger partial charge on any atom is -0.392 e. The van der Waals surface area contributed by atoms with Gasteiger partial charge in [-0.15, -0.1) is 11.3 Å². The van der Waals surface area contributed by atoms with Crippen LogP contribution in [0, 0.1) is 6.92 Å². The monoisotopic (exact) mass is 450 g/mol. The first-order valence-corrected chi connectivity index (χ1v) is 11.5. The summed E-state index contributed by atoms with van der Waals surface area (Å²) in [4.78, 5) is 19.8. The van der Waals surface area contributed by atoms with Crippen molar-refractivity contribution >= 4 is 28.2 Å². The molecule has 0 aliphatic rings. The molecule has 2 heterocycles. The molecule has 0 amide bonds. The van der Waals surface area contributed by atoms with Crippen LogP contribution in [0.25, 0.3) is 33.4 Å². The quantitative estimate of drug-likeness (QED) is 0.240. The molecule has 5 heteroatoms. The van der Waals surface area contributed by atoms with Crippen molar-refractivity contribution in [3.63, 3.8) is 0 Å². The molecule has 0 bridgehead atoms. The Hall–Kier alpha value is -3.80. The zero-order valence-electron chi connectivity index (χ0n) is 18.1. The molecule has 0 saturated heterocycles. The summed E-state index contributed by atoms with van der Waals surface area (Å²) in [6.45, 7) is 2.05. The number of rotatable bonds is 6. The molecule has 0 spiro atoms. The van der Waals surface area contributed by atoms with Crippen molar-refractivity contribution in [2.75, 3.05) is 0 Å². The van der Waals surface area contributed by atoms with Crippen LogP contribution < -0.4 is 0 Å². The lowest BCUT2D eigenvalue weighted by Crippen LogP contribution is -1.95. The first-order valence-electron chi connectivity index (χ1n) is 10.7. The van der Waals surface area contributed by atoms with Crippen molar-refractivity contribution in [2.45, 2.75) is 13.5 Å². The van der Waals surface area contributed by atoms with Crippen LogP contribution in [0.15, 0.2) is 91.1 Å². The highest BCUT2D eigenvalue weighted by Gasteiger charge is 2.15. The van der Waals surface area contributed by atoms with Crippen molar-refractivity contribution in [1.29, 1.82) is 0 Å². The fourth-order valence-corrected chi connectivity index (χ4v) is 4.65. The van der Waals surface area contributed by atoms with Crippen LogP contribution in [0.3, 0.4) is 0 Å². The van der Waals surface area contributed by atoms with E-state index in [2.05, 4.69) is 12.1 Å². The number of aliphatic hydroxyl groups excluding tert-OH is 1. The average Bonchev–Trinajstić information content (AvgIpc) is 3.39. The maximum Gasteiger partial charge on any atom is 0.194 e. The van der Waals surface area contributed by atoms with Gasteiger partial charge in [0.05, 0.1) is 18.0 Å². The number of aliphatic hydroxyl groups is 1. The number of thiazole rings is 1. The minimum atomic E-state index is -0.0573. The average molecular weight is 451 g/mol. The van der Waals surface area contributed by atoms with E-state index in [0.29, 0.717) is 5.56 Å². The normalized spacial score (nSPS) is 11.5. The van der Waals surface area contributed by atoms with E-state index in [-0.39, 0.29) is 12.4 Å². The summed E-state index contributed by atoms with van der Waals surface area (Å²) >= 11 is 1.61. The number of benzene rings is 3. The molecule has 0 fully saturated rings. The van der Waals surface area contributed by atoms with Gasteiger partial charge in [-0.1, -0.05) is 78.9 Å². The van der Waals surface area contributed by atoms with Gasteiger partial charge >= 0.3 is 0 Å². The van der Waals surface area contributed by atoms with E-state index in [9.17, 15) is 9.90 Å². The number of ketones is 1. The Labute approximate surface area is 196 Å². The zero-order valence-corrected chi connectivity index (χ0v) is 18.9. The third-order valence-electron chi connectivity index (χ3n) is 5.56. The van der Waals surface area contributed by atoms with Crippen molar-refractivity contribution in [2.24, 2.45) is 0 Å². The molecular formula is C28H22N2O2S. The van der Waals surface area contributed by atoms with E-state index in [1.807, 2.05) is 90.3 Å². The Morgan fingerprint density at radius 1 is 0.939 bits per heavy atom. The number of nitrogens with zero attached hydrogens (tertiary/aromatic N) is 2. The molecule has 4 nitrogen and oxygen atoms in total. The van der Waals surface area contributed by atoms with Crippen LogP contribution >= 0.6 is 11.3 Å². The highest BCUT2D eigenvalue weighted by atomic mass is 32.1. The number of hydrogen-bond acceptors (Lipinski definition) is 4. The molecule has 0 atom stereocenters. The lowest BCUT2D eigenvalue weighted by atomic mass is 10.0. The van der Waals surface area contributed by atoms with Gasteiger partial charge in [-0.3, -0.25) is 9.20 Å². The molecule has 0 saturated carbocycles. The van der Waals surface area contributed by atoms with Gasteiger partial charge < -0.3 is 5.11 Å². The molecule has 0 aliphatic heterocycles. The first-order chi connectivity index (χ1) is 16.1. The van der Waals surface area contributed by atoms with E-state index in [1.165, 1.54) is 0 Å². The second-order valence-corrected chi connectivity index (χ2v) is 9.05. The first kappa shape index (κ1) is 21.1. The van der Waals surface area contributed by atoms with Gasteiger partial charge in [0, 0.05) is 22.2 Å². The molecule has 33 heavy (non-hydrogen) atoms. The molecular weight excluding hydrogens is 428 g/mol. The number of aryl methyl sites for hydroxylation is 1. The number of carbonyl (C=O) groups excluding carboxylic acids is 1. The van der Waals surface area contributed by atoms with Gasteiger partial charge in [-0.2, -0.15) is 0 Å². The van der Waals surface area contributed by atoms with E-state index >= 15 is 0 Å². The number of aromatic nitrogens is 2. The Morgan fingerprint density at radius 3 is 2.30 bits per heavy atom. The molecule has 5 rings (SSSR count). The van der Waals surface area contributed by atoms with Gasteiger partial charge in [-0.25, -0.2) is 4.98 Å². The predicted octanol–water partition coefficient (Wildman–Crippen LogP) is 6.43. The van der Waals surface area contributed by atoms with Crippen molar-refractivity contribution < 1.29 is 9.90 Å². The van der Waals surface area contributed by atoms with Gasteiger partial charge in [0.1, 0.15) is 0 Å². The maximum absolute atomic E-state index is 12.9. The Morgan fingerprint density at radius 2 is 1.61 bits per heavy atom. The highest BCUT2D eigenvalue weighted by molar-refractivity contribution is 7.17. The van der Waals surface area contributed by atoms with Gasteiger partial charge in [0.15, 0.2) is 10.7 Å². The summed E-state index contributed by atoms with van der Waals surface area (Å²) in [6, 6.07) is 25.5. The summed E-state index contributed by atoms with van der Waals surface area (Å²) in [6.07, 6.45) is 5.49. The third kappa shape index (κ3) is 4.29. The number of hydrogen-bond donors (Lipinski definition) is 1. The zero-order chi connectivity index (χ0) is 22.8. The number of allylic oxidation sites excluding steroid dienone is 1. The van der Waals surface area contributed by atoms with Gasteiger partial charge in [-0.05, 0) is 35.8 Å². The lowest BCUT2D eigenvalue weighted by Gasteiger charge is -2.03. The summed E-state index contributed by atoms with van der Waals surface area (Å²) in [5.41, 5.74) is 6.31. The van der Waals surface area contributed by atoms with Crippen LogP contribution in [-0.2, 0) is 6.61 Å². The minimum absolute atomic E-state index is 0.00206. The molecule has 0 radical (unpaired) electrons. The van der Waals surface area contributed by atoms with Gasteiger partial charge in [0.25, 0.3) is 0 Å². The van der Waals surface area contributed by atoms with Crippen LogP contribution in [0.2, 0.25) is 0 Å². The SMILES string of the molecule is Cc1cn2c(/C=C/C(=O)c3ccc(-c4ccccc4)cc3)c(-c3ccc(CO)cc3)nc2s1. The molecule has 3 aromatic carbocycles. The largest absolute Gasteiger partial charge is 0.392 e.